The molecule has 0 radical (unpaired) electrons. The second-order valence-corrected chi connectivity index (χ2v) is 6.86. The Labute approximate surface area is 124 Å². The van der Waals surface area contributed by atoms with Crippen molar-refractivity contribution in [3.8, 4) is 0 Å². The summed E-state index contributed by atoms with van der Waals surface area (Å²) < 4.78 is 3.46. The molecule has 2 aliphatic rings. The molecular formula is C15H24BrN3. The fraction of sp³-hybridized carbons (Fsp3) is 0.800. The second-order valence-electron chi connectivity index (χ2n) is 6.07. The number of hydrogen-bond acceptors (Lipinski definition) is 2. The highest BCUT2D eigenvalue weighted by atomic mass is 79.9. The molecule has 1 aromatic heterocycles. The smallest absolute Gasteiger partial charge is 0.0800 e. The van der Waals surface area contributed by atoms with E-state index in [2.05, 4.69) is 33.0 Å². The van der Waals surface area contributed by atoms with Crippen LogP contribution in [0.25, 0.3) is 0 Å². The van der Waals surface area contributed by atoms with Gasteiger partial charge in [0.25, 0.3) is 0 Å². The molecule has 2 heterocycles. The Hall–Kier alpha value is -0.350. The summed E-state index contributed by atoms with van der Waals surface area (Å²) in [6.07, 6.45) is 9.27. The summed E-state index contributed by atoms with van der Waals surface area (Å²) in [6, 6.07) is 0. The van der Waals surface area contributed by atoms with Gasteiger partial charge in [0.05, 0.1) is 15.9 Å². The van der Waals surface area contributed by atoms with Crippen LogP contribution in [-0.4, -0.2) is 22.9 Å². The highest BCUT2D eigenvalue weighted by Gasteiger charge is 2.28. The molecule has 1 aliphatic heterocycles. The van der Waals surface area contributed by atoms with Crippen molar-refractivity contribution in [1.29, 1.82) is 0 Å². The van der Waals surface area contributed by atoms with E-state index in [1.54, 1.807) is 0 Å². The Balaban J connectivity index is 1.86. The van der Waals surface area contributed by atoms with Crippen LogP contribution < -0.4 is 5.32 Å². The van der Waals surface area contributed by atoms with Crippen molar-refractivity contribution in [1.82, 2.24) is 15.1 Å². The lowest BCUT2D eigenvalue weighted by atomic mass is 9.86. The molecule has 106 valence electrons. The summed E-state index contributed by atoms with van der Waals surface area (Å²) in [7, 11) is 2.12. The third-order valence-electron chi connectivity index (χ3n) is 4.77. The first-order valence-corrected chi connectivity index (χ1v) is 8.49. The highest BCUT2D eigenvalue weighted by Crippen LogP contribution is 2.40. The van der Waals surface area contributed by atoms with Crippen molar-refractivity contribution in [3.63, 3.8) is 0 Å². The van der Waals surface area contributed by atoms with Gasteiger partial charge in [-0.05, 0) is 54.7 Å². The van der Waals surface area contributed by atoms with Crippen molar-refractivity contribution in [2.24, 2.45) is 7.05 Å². The van der Waals surface area contributed by atoms with E-state index in [9.17, 15) is 0 Å². The molecule has 0 atom stereocenters. The normalized spacial score (nSPS) is 22.8. The number of rotatable bonds is 2. The standard InChI is InChI=1S/C15H24BrN3/c1-19-15(12-7-9-17-10-8-12)13(16)14(18-19)11-5-3-2-4-6-11/h11-12,17H,2-10H2,1H3. The lowest BCUT2D eigenvalue weighted by Crippen LogP contribution is -2.27. The zero-order chi connectivity index (χ0) is 13.2. The predicted molar refractivity (Wildman–Crippen MR) is 81.6 cm³/mol. The number of aryl methyl sites for hydroxylation is 1. The number of hydrogen-bond donors (Lipinski definition) is 1. The summed E-state index contributed by atoms with van der Waals surface area (Å²) in [5.41, 5.74) is 2.76. The molecule has 1 N–H and O–H groups in total. The van der Waals surface area contributed by atoms with Crippen LogP contribution in [0.5, 0.6) is 0 Å². The Bertz CT molecular complexity index is 429. The van der Waals surface area contributed by atoms with Crippen molar-refractivity contribution >= 4 is 15.9 Å². The van der Waals surface area contributed by atoms with Gasteiger partial charge in [-0.1, -0.05) is 19.3 Å². The average Bonchev–Trinajstić information content (AvgIpc) is 2.76. The zero-order valence-electron chi connectivity index (χ0n) is 11.8. The summed E-state index contributed by atoms with van der Waals surface area (Å²) in [5, 5.41) is 8.31. The highest BCUT2D eigenvalue weighted by molar-refractivity contribution is 9.10. The maximum Gasteiger partial charge on any atom is 0.0800 e. The van der Waals surface area contributed by atoms with E-state index in [1.165, 1.54) is 60.8 Å². The van der Waals surface area contributed by atoms with E-state index < -0.39 is 0 Å². The van der Waals surface area contributed by atoms with E-state index in [1.807, 2.05) is 0 Å². The molecule has 0 aromatic carbocycles. The van der Waals surface area contributed by atoms with E-state index >= 15 is 0 Å². The Morgan fingerprint density at radius 3 is 2.42 bits per heavy atom. The van der Waals surface area contributed by atoms with Crippen LogP contribution >= 0.6 is 15.9 Å². The number of nitrogens with zero attached hydrogens (tertiary/aromatic N) is 2. The average molecular weight is 326 g/mol. The van der Waals surface area contributed by atoms with Gasteiger partial charge in [0.1, 0.15) is 0 Å². The molecule has 2 fully saturated rings. The topological polar surface area (TPSA) is 29.9 Å². The molecule has 1 saturated heterocycles. The van der Waals surface area contributed by atoms with Gasteiger partial charge < -0.3 is 5.32 Å². The fourth-order valence-electron chi connectivity index (χ4n) is 3.71. The third-order valence-corrected chi connectivity index (χ3v) is 5.59. The van der Waals surface area contributed by atoms with Gasteiger partial charge in [-0.15, -0.1) is 0 Å². The quantitative estimate of drug-likeness (QED) is 0.898. The van der Waals surface area contributed by atoms with E-state index in [4.69, 9.17) is 5.10 Å². The molecule has 0 bridgehead atoms. The molecule has 1 saturated carbocycles. The lowest BCUT2D eigenvalue weighted by Gasteiger charge is -2.23. The molecule has 3 nitrogen and oxygen atoms in total. The molecule has 1 aliphatic carbocycles. The maximum atomic E-state index is 4.86. The monoisotopic (exact) mass is 325 g/mol. The van der Waals surface area contributed by atoms with Gasteiger partial charge in [-0.3, -0.25) is 4.68 Å². The van der Waals surface area contributed by atoms with Crippen LogP contribution in [0.2, 0.25) is 0 Å². The number of nitrogens with one attached hydrogen (secondary N) is 1. The van der Waals surface area contributed by atoms with Crippen molar-refractivity contribution in [2.75, 3.05) is 13.1 Å². The molecule has 0 spiro atoms. The Kier molecular flexibility index (Phi) is 4.27. The Morgan fingerprint density at radius 1 is 1.05 bits per heavy atom. The molecule has 0 amide bonds. The van der Waals surface area contributed by atoms with Crippen molar-refractivity contribution in [2.45, 2.75) is 56.8 Å². The first-order chi connectivity index (χ1) is 9.27. The first-order valence-electron chi connectivity index (χ1n) is 7.70. The third kappa shape index (κ3) is 2.75. The fourth-order valence-corrected chi connectivity index (χ4v) is 4.69. The summed E-state index contributed by atoms with van der Waals surface area (Å²) in [4.78, 5) is 0. The molecule has 4 heteroatoms. The SMILES string of the molecule is Cn1nc(C2CCCCC2)c(Br)c1C1CCNCC1. The number of piperidine rings is 1. The van der Waals surface area contributed by atoms with Crippen LogP contribution in [0.4, 0.5) is 0 Å². The van der Waals surface area contributed by atoms with Crippen LogP contribution in [0.15, 0.2) is 4.47 Å². The van der Waals surface area contributed by atoms with Crippen LogP contribution in [0.3, 0.4) is 0 Å². The number of aromatic nitrogens is 2. The van der Waals surface area contributed by atoms with Crippen molar-refractivity contribution in [3.05, 3.63) is 15.9 Å². The van der Waals surface area contributed by atoms with E-state index in [0.29, 0.717) is 11.8 Å². The first kappa shape index (κ1) is 13.6. The van der Waals surface area contributed by atoms with Crippen LogP contribution in [-0.2, 0) is 7.05 Å². The van der Waals surface area contributed by atoms with Crippen molar-refractivity contribution < 1.29 is 0 Å². The largest absolute Gasteiger partial charge is 0.317 e. The van der Waals surface area contributed by atoms with Gasteiger partial charge in [0.2, 0.25) is 0 Å². The molecule has 3 rings (SSSR count). The zero-order valence-corrected chi connectivity index (χ0v) is 13.4. The second kappa shape index (κ2) is 5.96. The molecule has 1 aromatic rings. The van der Waals surface area contributed by atoms with E-state index in [-0.39, 0.29) is 0 Å². The lowest BCUT2D eigenvalue weighted by molar-refractivity contribution is 0.430. The predicted octanol–water partition coefficient (Wildman–Crippen LogP) is 3.70. The number of halogens is 1. The van der Waals surface area contributed by atoms with Gasteiger partial charge in [-0.2, -0.15) is 5.10 Å². The van der Waals surface area contributed by atoms with Gasteiger partial charge in [-0.25, -0.2) is 0 Å². The maximum absolute atomic E-state index is 4.86. The summed E-state index contributed by atoms with van der Waals surface area (Å²) >= 11 is 3.87. The van der Waals surface area contributed by atoms with Gasteiger partial charge >= 0.3 is 0 Å². The van der Waals surface area contributed by atoms with Crippen LogP contribution in [0, 0.1) is 0 Å². The minimum absolute atomic E-state index is 0.672. The summed E-state index contributed by atoms with van der Waals surface area (Å²) in [6.45, 7) is 2.28. The Morgan fingerprint density at radius 2 is 1.74 bits per heavy atom. The van der Waals surface area contributed by atoms with Gasteiger partial charge in [0, 0.05) is 18.9 Å². The molecule has 19 heavy (non-hydrogen) atoms. The molecular weight excluding hydrogens is 302 g/mol. The molecule has 0 unspecified atom stereocenters. The minimum atomic E-state index is 0.672. The van der Waals surface area contributed by atoms with Crippen LogP contribution in [0.1, 0.15) is 68.2 Å². The summed E-state index contributed by atoms with van der Waals surface area (Å²) in [5.74, 6) is 1.36. The van der Waals surface area contributed by atoms with E-state index in [0.717, 1.165) is 13.1 Å². The minimum Gasteiger partial charge on any atom is -0.317 e. The van der Waals surface area contributed by atoms with Gasteiger partial charge in [0.15, 0.2) is 0 Å².